The molecule has 2 aliphatic heterocycles. The third-order valence-corrected chi connectivity index (χ3v) is 6.92. The zero-order valence-corrected chi connectivity index (χ0v) is 20.4. The fraction of sp³-hybridized carbons (Fsp3) is 0.538. The maximum absolute atomic E-state index is 12.7. The van der Waals surface area contributed by atoms with Gasteiger partial charge in [-0.25, -0.2) is 4.98 Å². The van der Waals surface area contributed by atoms with Crippen molar-refractivity contribution in [3.63, 3.8) is 0 Å². The number of amides is 1. The van der Waals surface area contributed by atoms with Crippen LogP contribution in [0.3, 0.4) is 0 Å². The second kappa shape index (κ2) is 12.6. The van der Waals surface area contributed by atoms with Crippen molar-refractivity contribution in [2.75, 3.05) is 55.6 Å². The van der Waals surface area contributed by atoms with Gasteiger partial charge in [0.05, 0.1) is 5.56 Å². The molecule has 2 aliphatic rings. The van der Waals surface area contributed by atoms with Crippen molar-refractivity contribution in [1.82, 2.24) is 15.2 Å². The second-order valence-electron chi connectivity index (χ2n) is 9.14. The van der Waals surface area contributed by atoms with Gasteiger partial charge in [0.25, 0.3) is 0 Å². The molecule has 0 bridgehead atoms. The number of halogens is 4. The van der Waals surface area contributed by atoms with Crippen LogP contribution in [-0.4, -0.2) is 67.6 Å². The number of pyridine rings is 1. The Balaban J connectivity index is 0.00000361. The van der Waals surface area contributed by atoms with E-state index in [-0.39, 0.29) is 19.4 Å². The molecule has 0 aliphatic carbocycles. The molecule has 1 amide bonds. The van der Waals surface area contributed by atoms with Gasteiger partial charge in [0, 0.05) is 68.6 Å². The van der Waals surface area contributed by atoms with E-state index in [0.717, 1.165) is 75.0 Å². The predicted molar refractivity (Wildman–Crippen MR) is 139 cm³/mol. The monoisotopic (exact) mass is 525 g/mol. The number of nitrogens with zero attached hydrogens (tertiary/aromatic N) is 4. The molecule has 2 fully saturated rings. The first-order chi connectivity index (χ1) is 16.8. The molecule has 0 unspecified atom stereocenters. The van der Waals surface area contributed by atoms with E-state index in [4.69, 9.17) is 11.6 Å². The number of piperidine rings is 1. The third kappa shape index (κ3) is 7.74. The Bertz CT molecular complexity index is 972. The van der Waals surface area contributed by atoms with Crippen molar-refractivity contribution in [1.29, 1.82) is 0 Å². The van der Waals surface area contributed by atoms with Gasteiger partial charge < -0.3 is 15.1 Å². The van der Waals surface area contributed by atoms with Crippen molar-refractivity contribution in [2.24, 2.45) is 0 Å². The van der Waals surface area contributed by atoms with Crippen molar-refractivity contribution in [3.8, 4) is 0 Å². The number of piperazine rings is 1. The largest absolute Gasteiger partial charge is 0.417 e. The first kappa shape index (κ1) is 28.1. The summed E-state index contributed by atoms with van der Waals surface area (Å²) in [5.74, 6) is 0.604. The van der Waals surface area contributed by atoms with E-state index in [0.29, 0.717) is 25.3 Å². The lowest BCUT2D eigenvalue weighted by Gasteiger charge is -2.36. The van der Waals surface area contributed by atoms with Gasteiger partial charge in [-0.05, 0) is 56.1 Å². The topological polar surface area (TPSA) is 51.7 Å². The minimum Gasteiger partial charge on any atom is -0.369 e. The van der Waals surface area contributed by atoms with Crippen LogP contribution < -0.4 is 15.1 Å². The summed E-state index contributed by atoms with van der Waals surface area (Å²) in [6.45, 7) is 6.02. The van der Waals surface area contributed by atoms with E-state index in [2.05, 4.69) is 26.2 Å². The molecule has 2 saturated heterocycles. The summed E-state index contributed by atoms with van der Waals surface area (Å²) in [4.78, 5) is 23.1. The minimum absolute atomic E-state index is 0. The summed E-state index contributed by atoms with van der Waals surface area (Å²) in [5, 5.41) is 3.87. The highest BCUT2D eigenvalue weighted by molar-refractivity contribution is 6.30. The van der Waals surface area contributed by atoms with Gasteiger partial charge in [-0.3, -0.25) is 9.69 Å². The van der Waals surface area contributed by atoms with Gasteiger partial charge in [0.2, 0.25) is 5.91 Å². The van der Waals surface area contributed by atoms with E-state index in [1.54, 1.807) is 0 Å². The number of aromatic nitrogens is 1. The Morgan fingerprint density at radius 2 is 1.75 bits per heavy atom. The molecule has 2 aromatic rings. The number of hydrogen-bond donors (Lipinski definition) is 1. The minimum atomic E-state index is -4.38. The first-order valence-electron chi connectivity index (χ1n) is 12.1. The maximum atomic E-state index is 12.7. The Hall–Kier alpha value is -2.52. The Morgan fingerprint density at radius 3 is 2.36 bits per heavy atom. The number of rotatable bonds is 7. The summed E-state index contributed by atoms with van der Waals surface area (Å²) in [7, 11) is 0. The summed E-state index contributed by atoms with van der Waals surface area (Å²) in [5.41, 5.74) is 0.406. The highest BCUT2D eigenvalue weighted by Gasteiger charge is 2.31. The van der Waals surface area contributed by atoms with Gasteiger partial charge in [0.1, 0.15) is 5.82 Å². The molecule has 6 nitrogen and oxygen atoms in total. The van der Waals surface area contributed by atoms with E-state index < -0.39 is 11.7 Å². The van der Waals surface area contributed by atoms with Crippen LogP contribution in [0, 0.1) is 0 Å². The number of carbonyl (C=O) groups is 1. The summed E-state index contributed by atoms with van der Waals surface area (Å²) < 4.78 is 38.2. The van der Waals surface area contributed by atoms with Crippen molar-refractivity contribution in [3.05, 3.63) is 53.2 Å². The van der Waals surface area contributed by atoms with Crippen LogP contribution in [-0.2, 0) is 11.0 Å². The van der Waals surface area contributed by atoms with Crippen LogP contribution in [0.2, 0.25) is 5.02 Å². The van der Waals surface area contributed by atoms with Crippen LogP contribution in [0.25, 0.3) is 0 Å². The van der Waals surface area contributed by atoms with Crippen LogP contribution in [0.4, 0.5) is 24.7 Å². The summed E-state index contributed by atoms with van der Waals surface area (Å²) in [6, 6.07) is 10.5. The lowest BCUT2D eigenvalue weighted by atomic mass is 10.0. The molecule has 0 atom stereocenters. The van der Waals surface area contributed by atoms with Crippen LogP contribution in [0.1, 0.15) is 38.7 Å². The highest BCUT2D eigenvalue weighted by Crippen LogP contribution is 2.30. The zero-order valence-electron chi connectivity index (χ0n) is 19.6. The number of benzene rings is 1. The van der Waals surface area contributed by atoms with E-state index in [1.807, 2.05) is 23.1 Å². The predicted octanol–water partition coefficient (Wildman–Crippen LogP) is 5.08. The molecule has 10 heteroatoms. The summed E-state index contributed by atoms with van der Waals surface area (Å²) >= 11 is 6.10. The molecule has 36 heavy (non-hydrogen) atoms. The number of anilines is 2. The Kier molecular flexibility index (Phi) is 9.84. The molecule has 1 aromatic heterocycles. The Morgan fingerprint density at radius 1 is 1.03 bits per heavy atom. The standard InChI is InChI=1S/C25H31ClF3N5O.CH4/c26-20-3-1-4-22(17-20)33-15-13-32(14-16-33)10-2-5-24(35)31-21-8-11-34(12-9-21)23-7-6-19(18-30-23)25(27,28)29;/h1,3-4,6-7,17-18,21H,2,5,8-16H2,(H,31,35);1H4. The lowest BCUT2D eigenvalue weighted by molar-refractivity contribution is -0.137. The van der Waals surface area contributed by atoms with Crippen LogP contribution >= 0.6 is 11.6 Å². The summed E-state index contributed by atoms with van der Waals surface area (Å²) in [6.07, 6.45) is -0.694. The third-order valence-electron chi connectivity index (χ3n) is 6.68. The van der Waals surface area contributed by atoms with Crippen molar-refractivity contribution < 1.29 is 18.0 Å². The number of carbonyl (C=O) groups excluding carboxylic acids is 1. The van der Waals surface area contributed by atoms with Crippen LogP contribution in [0.5, 0.6) is 0 Å². The molecule has 198 valence electrons. The van der Waals surface area contributed by atoms with Gasteiger partial charge in [0.15, 0.2) is 0 Å². The number of nitrogens with one attached hydrogen (secondary N) is 1. The average molecular weight is 526 g/mol. The van der Waals surface area contributed by atoms with E-state index in [9.17, 15) is 18.0 Å². The maximum Gasteiger partial charge on any atom is 0.417 e. The highest BCUT2D eigenvalue weighted by atomic mass is 35.5. The number of alkyl halides is 3. The van der Waals surface area contributed by atoms with Crippen molar-refractivity contribution in [2.45, 2.75) is 45.3 Å². The number of hydrogen-bond acceptors (Lipinski definition) is 5. The molecule has 0 saturated carbocycles. The molecule has 0 spiro atoms. The molecule has 3 heterocycles. The van der Waals surface area contributed by atoms with Gasteiger partial charge in [-0.1, -0.05) is 25.1 Å². The first-order valence-corrected chi connectivity index (χ1v) is 12.5. The SMILES string of the molecule is C.O=C(CCCN1CCN(c2cccc(Cl)c2)CC1)NC1CCN(c2ccc(C(F)(F)F)cn2)CC1. The lowest BCUT2D eigenvalue weighted by Crippen LogP contribution is -2.47. The Labute approximate surface area is 216 Å². The van der Waals surface area contributed by atoms with E-state index >= 15 is 0 Å². The quantitative estimate of drug-likeness (QED) is 0.546. The molecular weight excluding hydrogens is 491 g/mol. The van der Waals surface area contributed by atoms with Crippen molar-refractivity contribution >= 4 is 29.0 Å². The fourth-order valence-corrected chi connectivity index (χ4v) is 4.84. The van der Waals surface area contributed by atoms with Gasteiger partial charge in [-0.15, -0.1) is 0 Å². The smallest absolute Gasteiger partial charge is 0.369 e. The zero-order chi connectivity index (χ0) is 24.8. The van der Waals surface area contributed by atoms with Gasteiger partial charge in [-0.2, -0.15) is 13.2 Å². The van der Waals surface area contributed by atoms with Crippen LogP contribution in [0.15, 0.2) is 42.6 Å². The molecule has 0 radical (unpaired) electrons. The average Bonchev–Trinajstić information content (AvgIpc) is 2.84. The van der Waals surface area contributed by atoms with E-state index in [1.165, 1.54) is 6.07 Å². The molecule has 1 N–H and O–H groups in total. The molecular formula is C26H35ClF3N5O. The molecule has 4 rings (SSSR count). The fourth-order valence-electron chi connectivity index (χ4n) is 4.66. The van der Waals surface area contributed by atoms with Gasteiger partial charge >= 0.3 is 6.18 Å². The second-order valence-corrected chi connectivity index (χ2v) is 9.58. The molecule has 1 aromatic carbocycles. The normalized spacial score (nSPS) is 17.6.